The zero-order chi connectivity index (χ0) is 29.1. The highest BCUT2D eigenvalue weighted by Crippen LogP contribution is 2.23. The van der Waals surface area contributed by atoms with Crippen LogP contribution in [0, 0.1) is 22.7 Å². The Bertz CT molecular complexity index is 1650. The summed E-state index contributed by atoms with van der Waals surface area (Å²) in [6, 6.07) is 16.7. The van der Waals surface area contributed by atoms with E-state index in [0.29, 0.717) is 45.1 Å². The number of nitriles is 2. The van der Waals surface area contributed by atoms with E-state index in [4.69, 9.17) is 43.2 Å². The minimum absolute atomic E-state index is 0.0288. The lowest BCUT2D eigenvalue weighted by Crippen LogP contribution is -2.06. The Morgan fingerprint density at radius 1 is 0.875 bits per heavy atom. The number of ether oxygens (including phenoxy) is 2. The number of carbonyl (C=O) groups is 1. The van der Waals surface area contributed by atoms with Crippen molar-refractivity contribution in [2.75, 3.05) is 14.2 Å². The lowest BCUT2D eigenvalue weighted by atomic mass is 10.0. The number of halogens is 2. The molecule has 200 valence electrons. The number of nitrogens with zero attached hydrogens (tertiary/aromatic N) is 6. The van der Waals surface area contributed by atoms with Gasteiger partial charge >= 0.3 is 0 Å². The number of methoxy groups -OCH3 is 2. The van der Waals surface area contributed by atoms with Crippen LogP contribution in [0.3, 0.4) is 0 Å². The Labute approximate surface area is 239 Å². The van der Waals surface area contributed by atoms with E-state index < -0.39 is 0 Å². The lowest BCUT2D eigenvalue weighted by molar-refractivity contribution is 0.0992. The van der Waals surface area contributed by atoms with Crippen LogP contribution >= 0.6 is 23.2 Å². The third kappa shape index (κ3) is 7.98. The first-order chi connectivity index (χ1) is 19.3. The van der Waals surface area contributed by atoms with Gasteiger partial charge in [0.05, 0.1) is 43.2 Å². The average Bonchev–Trinajstić information content (AvgIpc) is 2.96. The molecule has 0 aliphatic rings. The van der Waals surface area contributed by atoms with Crippen LogP contribution in [-0.2, 0) is 6.42 Å². The Kier molecular flexibility index (Phi) is 10.5. The average molecular weight is 575 g/mol. The first-order valence-electron chi connectivity index (χ1n) is 11.3. The molecule has 0 saturated carbocycles. The summed E-state index contributed by atoms with van der Waals surface area (Å²) in [7, 11) is 2.95. The molecule has 2 aromatic heterocycles. The number of rotatable bonds is 7. The smallest absolute Gasteiger partial charge is 0.222 e. The maximum absolute atomic E-state index is 12.1. The molecule has 12 heteroatoms. The molecule has 4 aromatic rings. The summed E-state index contributed by atoms with van der Waals surface area (Å²) in [6.07, 6.45) is 4.52. The van der Waals surface area contributed by atoms with Crippen LogP contribution in [0.5, 0.6) is 11.5 Å². The number of aromatic nitrogens is 4. The fourth-order valence-electron chi connectivity index (χ4n) is 3.31. The topological polar surface area (TPSA) is 155 Å². The molecule has 4 rings (SSSR count). The van der Waals surface area contributed by atoms with E-state index in [-0.39, 0.29) is 28.5 Å². The number of aliphatic hydroxyl groups is 1. The predicted octanol–water partition coefficient (Wildman–Crippen LogP) is 5.50. The summed E-state index contributed by atoms with van der Waals surface area (Å²) in [4.78, 5) is 27.5. The van der Waals surface area contributed by atoms with Gasteiger partial charge in [-0.3, -0.25) is 4.79 Å². The first kappa shape index (κ1) is 29.5. The van der Waals surface area contributed by atoms with Crippen molar-refractivity contribution < 1.29 is 19.4 Å². The highest BCUT2D eigenvalue weighted by atomic mass is 35.5. The molecule has 0 unspecified atom stereocenters. The van der Waals surface area contributed by atoms with Crippen LogP contribution in [0.1, 0.15) is 38.4 Å². The van der Waals surface area contributed by atoms with Gasteiger partial charge in [-0.15, -0.1) is 0 Å². The molecular formula is C28H20Cl2N6O4. The van der Waals surface area contributed by atoms with E-state index in [1.165, 1.54) is 44.8 Å². The summed E-state index contributed by atoms with van der Waals surface area (Å²) >= 11 is 11.3. The molecule has 0 fully saturated rings. The van der Waals surface area contributed by atoms with E-state index in [1.807, 2.05) is 12.1 Å². The van der Waals surface area contributed by atoms with Gasteiger partial charge in [0.15, 0.2) is 5.78 Å². The maximum atomic E-state index is 12.1. The van der Waals surface area contributed by atoms with Gasteiger partial charge in [0.2, 0.25) is 10.6 Å². The number of aliphatic hydroxyl groups excluding tert-OH is 1. The SMILES string of the molecule is COc1ccc(/C(O)=C/c2ccnc(Cl)n2)cc1C#N.COc1ccc(C(=O)Cc2ccnc(Cl)n2)cc1C#N. The molecular weight excluding hydrogens is 555 g/mol. The standard InChI is InChI=1S/2C14H10ClN3O2/c2*1-20-13-3-2-9(6-10(13)8-16)12(19)7-11-4-5-17-14(15)18-11/h2-6H,7H2,1H3;2-7,19H,1H3/b;12-7-. The molecule has 0 bridgehead atoms. The van der Waals surface area contributed by atoms with Crippen LogP contribution in [-0.4, -0.2) is 45.0 Å². The summed E-state index contributed by atoms with van der Waals surface area (Å²) in [6.45, 7) is 0. The molecule has 40 heavy (non-hydrogen) atoms. The molecule has 2 aromatic carbocycles. The molecule has 10 nitrogen and oxygen atoms in total. The lowest BCUT2D eigenvalue weighted by Gasteiger charge is -2.05. The number of hydrogen-bond acceptors (Lipinski definition) is 10. The van der Waals surface area contributed by atoms with Crippen molar-refractivity contribution in [3.8, 4) is 23.6 Å². The van der Waals surface area contributed by atoms with Gasteiger partial charge in [0.25, 0.3) is 0 Å². The van der Waals surface area contributed by atoms with Crippen LogP contribution in [0.25, 0.3) is 11.8 Å². The second kappa shape index (κ2) is 14.2. The van der Waals surface area contributed by atoms with Crippen LogP contribution in [0.2, 0.25) is 10.6 Å². The largest absolute Gasteiger partial charge is 0.507 e. The molecule has 0 atom stereocenters. The van der Waals surface area contributed by atoms with Gasteiger partial charge in [-0.25, -0.2) is 19.9 Å². The number of Topliss-reactive ketones (excluding diaryl/α,β-unsaturated/α-hetero) is 1. The van der Waals surface area contributed by atoms with E-state index in [1.54, 1.807) is 36.4 Å². The zero-order valence-corrected chi connectivity index (χ0v) is 22.7. The molecule has 0 aliphatic carbocycles. The molecule has 0 saturated heterocycles. The minimum atomic E-state index is -0.154. The summed E-state index contributed by atoms with van der Waals surface area (Å²) in [5.41, 5.74) is 2.57. The number of ketones is 1. The van der Waals surface area contributed by atoms with Gasteiger partial charge in [0.1, 0.15) is 29.4 Å². The number of carbonyl (C=O) groups excluding carboxylic acids is 1. The third-order valence-corrected chi connectivity index (χ3v) is 5.58. The Balaban J connectivity index is 0.000000220. The Morgan fingerprint density at radius 2 is 1.43 bits per heavy atom. The van der Waals surface area contributed by atoms with E-state index >= 15 is 0 Å². The van der Waals surface area contributed by atoms with Crippen molar-refractivity contribution in [2.45, 2.75) is 6.42 Å². The molecule has 0 aliphatic heterocycles. The van der Waals surface area contributed by atoms with Crippen LogP contribution in [0.4, 0.5) is 0 Å². The Hall–Kier alpha value is -5.03. The van der Waals surface area contributed by atoms with E-state index in [9.17, 15) is 9.90 Å². The fraction of sp³-hybridized carbons (Fsp3) is 0.107. The zero-order valence-electron chi connectivity index (χ0n) is 21.2. The fourth-order valence-corrected chi connectivity index (χ4v) is 3.63. The van der Waals surface area contributed by atoms with Crippen molar-refractivity contribution >= 4 is 40.8 Å². The summed E-state index contributed by atoms with van der Waals surface area (Å²) in [5, 5.41) is 28.3. The van der Waals surface area contributed by atoms with Crippen LogP contribution < -0.4 is 9.47 Å². The highest BCUT2D eigenvalue weighted by Gasteiger charge is 2.12. The normalized spacial score (nSPS) is 10.4. The van der Waals surface area contributed by atoms with Gasteiger partial charge in [-0.2, -0.15) is 10.5 Å². The molecule has 1 N–H and O–H groups in total. The maximum Gasteiger partial charge on any atom is 0.222 e. The Morgan fingerprint density at radius 3 is 1.98 bits per heavy atom. The van der Waals surface area contributed by atoms with Crippen LogP contribution in [0.15, 0.2) is 60.9 Å². The third-order valence-electron chi connectivity index (χ3n) is 5.22. The van der Waals surface area contributed by atoms with Crippen molar-refractivity contribution in [2.24, 2.45) is 0 Å². The first-order valence-corrected chi connectivity index (χ1v) is 12.1. The quantitative estimate of drug-likeness (QED) is 0.170. The molecule has 2 heterocycles. The monoisotopic (exact) mass is 574 g/mol. The van der Waals surface area contributed by atoms with E-state index in [0.717, 1.165) is 0 Å². The van der Waals surface area contributed by atoms with Crippen molar-refractivity contribution in [3.05, 3.63) is 105 Å². The molecule has 0 amide bonds. The molecule has 0 spiro atoms. The van der Waals surface area contributed by atoms with Crippen molar-refractivity contribution in [1.82, 2.24) is 19.9 Å². The summed E-state index contributed by atoms with van der Waals surface area (Å²) < 4.78 is 10.1. The highest BCUT2D eigenvalue weighted by molar-refractivity contribution is 6.28. The minimum Gasteiger partial charge on any atom is -0.507 e. The van der Waals surface area contributed by atoms with Gasteiger partial charge in [0, 0.05) is 29.6 Å². The van der Waals surface area contributed by atoms with E-state index in [2.05, 4.69) is 19.9 Å². The second-order valence-electron chi connectivity index (χ2n) is 7.75. The van der Waals surface area contributed by atoms with Gasteiger partial charge in [-0.1, -0.05) is 0 Å². The molecule has 0 radical (unpaired) electrons. The van der Waals surface area contributed by atoms with Crippen molar-refractivity contribution in [1.29, 1.82) is 10.5 Å². The number of benzene rings is 2. The van der Waals surface area contributed by atoms with Gasteiger partial charge in [-0.05, 0) is 71.7 Å². The second-order valence-corrected chi connectivity index (χ2v) is 8.43. The summed E-state index contributed by atoms with van der Waals surface area (Å²) in [5.74, 6) is 0.709. The van der Waals surface area contributed by atoms with Crippen molar-refractivity contribution in [3.63, 3.8) is 0 Å². The predicted molar refractivity (Wildman–Crippen MR) is 148 cm³/mol. The van der Waals surface area contributed by atoms with Gasteiger partial charge < -0.3 is 14.6 Å². The number of hydrogen-bond donors (Lipinski definition) is 1.